The summed E-state index contributed by atoms with van der Waals surface area (Å²) in [5, 5.41) is 0.805. The van der Waals surface area contributed by atoms with Gasteiger partial charge in [-0.1, -0.05) is 33.6 Å². The Balaban J connectivity index is 2.27. The molecule has 0 bridgehead atoms. The van der Waals surface area contributed by atoms with Gasteiger partial charge in [0.05, 0.1) is 10.4 Å². The van der Waals surface area contributed by atoms with Crippen molar-refractivity contribution in [3.63, 3.8) is 0 Å². The molecule has 2 aromatic carbocycles. The van der Waals surface area contributed by atoms with Crippen LogP contribution in [0, 0.1) is 6.92 Å². The minimum absolute atomic E-state index is 0.254. The molecule has 0 unspecified atom stereocenters. The summed E-state index contributed by atoms with van der Waals surface area (Å²) >= 11 is 3.41. The molecule has 0 aliphatic rings. The number of halogens is 1. The van der Waals surface area contributed by atoms with Gasteiger partial charge >= 0.3 is 0 Å². The van der Waals surface area contributed by atoms with E-state index in [-0.39, 0.29) is 4.90 Å². The molecule has 0 spiro atoms. The lowest BCUT2D eigenvalue weighted by atomic mass is 10.2. The SMILES string of the molecule is Cc1ccc(S(=O)(=O)n2ccc3c(Br)cc(N)cc32)cc1. The molecule has 21 heavy (non-hydrogen) atoms. The first kappa shape index (κ1) is 14.2. The Bertz CT molecular complexity index is 928. The van der Waals surface area contributed by atoms with Crippen LogP contribution in [0.3, 0.4) is 0 Å². The Morgan fingerprint density at radius 3 is 2.43 bits per heavy atom. The second-order valence-corrected chi connectivity index (χ2v) is 7.53. The number of hydrogen-bond donors (Lipinski definition) is 1. The number of aromatic nitrogens is 1. The summed E-state index contributed by atoms with van der Waals surface area (Å²) in [5.74, 6) is 0. The van der Waals surface area contributed by atoms with Crippen LogP contribution in [0.25, 0.3) is 10.9 Å². The van der Waals surface area contributed by atoms with Crippen molar-refractivity contribution in [2.75, 3.05) is 5.73 Å². The highest BCUT2D eigenvalue weighted by atomic mass is 79.9. The van der Waals surface area contributed by atoms with Gasteiger partial charge in [-0.25, -0.2) is 12.4 Å². The Morgan fingerprint density at radius 1 is 1.10 bits per heavy atom. The maximum absolute atomic E-state index is 12.7. The molecular formula is C15H13BrN2O2S. The fraction of sp³-hybridized carbons (Fsp3) is 0.0667. The van der Waals surface area contributed by atoms with E-state index < -0.39 is 10.0 Å². The van der Waals surface area contributed by atoms with Crippen molar-refractivity contribution in [3.8, 4) is 0 Å². The lowest BCUT2D eigenvalue weighted by Gasteiger charge is -2.09. The summed E-state index contributed by atoms with van der Waals surface area (Å²) in [6, 6.07) is 11.9. The third-order valence-electron chi connectivity index (χ3n) is 3.32. The van der Waals surface area contributed by atoms with E-state index >= 15 is 0 Å². The topological polar surface area (TPSA) is 65.1 Å². The van der Waals surface area contributed by atoms with Crippen LogP contribution < -0.4 is 5.73 Å². The summed E-state index contributed by atoms with van der Waals surface area (Å²) in [6.07, 6.45) is 1.55. The minimum atomic E-state index is -3.63. The quantitative estimate of drug-likeness (QED) is 0.707. The van der Waals surface area contributed by atoms with Gasteiger partial charge in [0.25, 0.3) is 10.0 Å². The van der Waals surface area contributed by atoms with Crippen LogP contribution in [0.5, 0.6) is 0 Å². The Kier molecular flexibility index (Phi) is 3.30. The zero-order valence-electron chi connectivity index (χ0n) is 11.2. The Morgan fingerprint density at radius 2 is 1.76 bits per heavy atom. The maximum Gasteiger partial charge on any atom is 0.268 e. The van der Waals surface area contributed by atoms with Gasteiger partial charge < -0.3 is 5.73 Å². The number of aryl methyl sites for hydroxylation is 1. The van der Waals surface area contributed by atoms with Gasteiger partial charge in [-0.05, 0) is 37.3 Å². The highest BCUT2D eigenvalue weighted by Gasteiger charge is 2.19. The van der Waals surface area contributed by atoms with Crippen LogP contribution >= 0.6 is 15.9 Å². The number of nitrogens with zero attached hydrogens (tertiary/aromatic N) is 1. The smallest absolute Gasteiger partial charge is 0.268 e. The second kappa shape index (κ2) is 4.89. The molecule has 0 saturated heterocycles. The molecule has 0 fully saturated rings. The van der Waals surface area contributed by atoms with Crippen LogP contribution in [0.1, 0.15) is 5.56 Å². The number of fused-ring (bicyclic) bond motifs is 1. The molecule has 2 N–H and O–H groups in total. The minimum Gasteiger partial charge on any atom is -0.399 e. The Labute approximate surface area is 131 Å². The van der Waals surface area contributed by atoms with Gasteiger partial charge in [-0.2, -0.15) is 0 Å². The van der Waals surface area contributed by atoms with E-state index in [1.807, 2.05) is 6.92 Å². The van der Waals surface area contributed by atoms with E-state index in [9.17, 15) is 8.42 Å². The van der Waals surface area contributed by atoms with Gasteiger partial charge in [0.2, 0.25) is 0 Å². The number of nitrogens with two attached hydrogens (primary N) is 1. The molecule has 4 nitrogen and oxygen atoms in total. The number of benzene rings is 2. The summed E-state index contributed by atoms with van der Waals surface area (Å²) in [7, 11) is -3.63. The first-order valence-corrected chi connectivity index (χ1v) is 8.51. The van der Waals surface area contributed by atoms with E-state index in [1.54, 1.807) is 48.7 Å². The molecule has 0 saturated carbocycles. The van der Waals surface area contributed by atoms with E-state index in [0.29, 0.717) is 11.2 Å². The lowest BCUT2D eigenvalue weighted by molar-refractivity contribution is 0.589. The molecule has 3 rings (SSSR count). The van der Waals surface area contributed by atoms with Gasteiger partial charge in [-0.15, -0.1) is 0 Å². The van der Waals surface area contributed by atoms with Crippen LogP contribution in [-0.2, 0) is 10.0 Å². The van der Waals surface area contributed by atoms with Crippen molar-refractivity contribution in [2.24, 2.45) is 0 Å². The van der Waals surface area contributed by atoms with E-state index in [2.05, 4.69) is 15.9 Å². The number of nitrogen functional groups attached to an aromatic ring is 1. The van der Waals surface area contributed by atoms with Crippen LogP contribution in [0.2, 0.25) is 0 Å². The summed E-state index contributed by atoms with van der Waals surface area (Å²) in [6.45, 7) is 1.92. The van der Waals surface area contributed by atoms with Gasteiger partial charge in [0.1, 0.15) is 0 Å². The predicted molar refractivity (Wildman–Crippen MR) is 87.8 cm³/mol. The number of hydrogen-bond acceptors (Lipinski definition) is 3. The first-order chi connectivity index (χ1) is 9.89. The van der Waals surface area contributed by atoms with Crippen molar-refractivity contribution in [3.05, 3.63) is 58.7 Å². The van der Waals surface area contributed by atoms with E-state index in [1.165, 1.54) is 3.97 Å². The van der Waals surface area contributed by atoms with Gasteiger partial charge in [0, 0.05) is 21.7 Å². The molecule has 0 atom stereocenters. The normalized spacial score (nSPS) is 11.9. The average molecular weight is 365 g/mol. The molecule has 0 aliphatic heterocycles. The van der Waals surface area contributed by atoms with Crippen molar-refractivity contribution in [2.45, 2.75) is 11.8 Å². The molecule has 0 aliphatic carbocycles. The number of rotatable bonds is 2. The van der Waals surface area contributed by atoms with Gasteiger partial charge in [-0.3, -0.25) is 0 Å². The molecule has 1 heterocycles. The van der Waals surface area contributed by atoms with E-state index in [4.69, 9.17) is 5.73 Å². The average Bonchev–Trinajstić information content (AvgIpc) is 2.83. The maximum atomic E-state index is 12.7. The fourth-order valence-electron chi connectivity index (χ4n) is 2.23. The third-order valence-corrected chi connectivity index (χ3v) is 5.68. The Hall–Kier alpha value is -1.79. The van der Waals surface area contributed by atoms with Crippen LogP contribution in [0.15, 0.2) is 58.0 Å². The molecule has 0 amide bonds. The highest BCUT2D eigenvalue weighted by molar-refractivity contribution is 9.10. The zero-order chi connectivity index (χ0) is 15.2. The standard InChI is InChI=1S/C15H13BrN2O2S/c1-10-2-4-12(5-3-10)21(19,20)18-7-6-13-14(16)8-11(17)9-15(13)18/h2-9H,17H2,1H3. The van der Waals surface area contributed by atoms with Gasteiger partial charge in [0.15, 0.2) is 0 Å². The second-order valence-electron chi connectivity index (χ2n) is 4.87. The molecule has 108 valence electrons. The van der Waals surface area contributed by atoms with Crippen molar-refractivity contribution >= 4 is 42.5 Å². The predicted octanol–water partition coefficient (Wildman–Crippen LogP) is 3.53. The van der Waals surface area contributed by atoms with E-state index in [0.717, 1.165) is 15.4 Å². The van der Waals surface area contributed by atoms with Crippen LogP contribution in [0.4, 0.5) is 5.69 Å². The third kappa shape index (κ3) is 2.34. The fourth-order valence-corrected chi connectivity index (χ4v) is 4.16. The van der Waals surface area contributed by atoms with Crippen molar-refractivity contribution in [1.82, 2.24) is 3.97 Å². The van der Waals surface area contributed by atoms with Crippen molar-refractivity contribution < 1.29 is 8.42 Å². The summed E-state index contributed by atoms with van der Waals surface area (Å²) in [4.78, 5) is 0.254. The monoisotopic (exact) mass is 364 g/mol. The summed E-state index contributed by atoms with van der Waals surface area (Å²) in [5.41, 5.74) is 7.89. The zero-order valence-corrected chi connectivity index (χ0v) is 13.6. The molecule has 3 aromatic rings. The van der Waals surface area contributed by atoms with Crippen LogP contribution in [-0.4, -0.2) is 12.4 Å². The highest BCUT2D eigenvalue weighted by Crippen LogP contribution is 2.30. The number of anilines is 1. The largest absolute Gasteiger partial charge is 0.399 e. The molecule has 1 aromatic heterocycles. The van der Waals surface area contributed by atoms with Crippen molar-refractivity contribution in [1.29, 1.82) is 0 Å². The lowest BCUT2D eigenvalue weighted by Crippen LogP contribution is -2.11. The first-order valence-electron chi connectivity index (χ1n) is 6.28. The molecule has 0 radical (unpaired) electrons. The molecule has 6 heteroatoms. The summed E-state index contributed by atoms with van der Waals surface area (Å²) < 4.78 is 27.5. The molecular weight excluding hydrogens is 352 g/mol.